The molecule has 4 nitrogen and oxygen atoms in total. The van der Waals surface area contributed by atoms with Crippen LogP contribution in [0.15, 0.2) is 18.0 Å². The largest absolute Gasteiger partial charge is 0.393 e. The van der Waals surface area contributed by atoms with Gasteiger partial charge in [0.25, 0.3) is 0 Å². The molecule has 0 amide bonds. The molecule has 28 heavy (non-hydrogen) atoms. The van der Waals surface area contributed by atoms with Gasteiger partial charge in [-0.1, -0.05) is 13.8 Å². The van der Waals surface area contributed by atoms with E-state index in [2.05, 4.69) is 25.0 Å². The molecule has 4 fully saturated rings. The summed E-state index contributed by atoms with van der Waals surface area (Å²) in [4.78, 5) is 13.4. The van der Waals surface area contributed by atoms with Crippen molar-refractivity contribution >= 4 is 11.9 Å². The van der Waals surface area contributed by atoms with E-state index in [9.17, 15) is 9.90 Å². The lowest BCUT2D eigenvalue weighted by Gasteiger charge is -2.59. The molecule has 0 unspecified atom stereocenters. The third-order valence-corrected chi connectivity index (χ3v) is 9.34. The Morgan fingerprint density at radius 2 is 2.00 bits per heavy atom. The maximum atomic E-state index is 13.4. The lowest BCUT2D eigenvalue weighted by molar-refractivity contribution is -0.141. The van der Waals surface area contributed by atoms with Gasteiger partial charge < -0.3 is 5.11 Å². The van der Waals surface area contributed by atoms with Gasteiger partial charge in [0.15, 0.2) is 5.78 Å². The highest BCUT2D eigenvalue weighted by atomic mass is 16.3. The summed E-state index contributed by atoms with van der Waals surface area (Å²) in [5.41, 5.74) is 2.25. The van der Waals surface area contributed by atoms with Gasteiger partial charge in [-0.25, -0.2) is 0 Å². The molecule has 0 radical (unpaired) electrons. The molecule has 0 bridgehead atoms. The molecule has 1 aromatic heterocycles. The monoisotopic (exact) mass is 382 g/mol. The van der Waals surface area contributed by atoms with E-state index in [-0.39, 0.29) is 11.5 Å². The number of ketones is 1. The third kappa shape index (κ3) is 2.59. The topological polar surface area (TPSA) is 55.1 Å². The van der Waals surface area contributed by atoms with E-state index in [1.165, 1.54) is 19.3 Å². The average molecular weight is 383 g/mol. The number of aliphatic hydroxyl groups excluding tert-OH is 1. The number of aromatic nitrogens is 2. The summed E-state index contributed by atoms with van der Waals surface area (Å²) in [7, 11) is 1.92. The van der Waals surface area contributed by atoms with Crippen LogP contribution in [0.4, 0.5) is 0 Å². The molecule has 0 aromatic carbocycles. The summed E-state index contributed by atoms with van der Waals surface area (Å²) in [5.74, 6) is 2.95. The number of carbonyl (C=O) groups is 1. The van der Waals surface area contributed by atoms with E-state index in [0.717, 1.165) is 49.2 Å². The van der Waals surface area contributed by atoms with Crippen LogP contribution in [-0.2, 0) is 11.8 Å². The smallest absolute Gasteiger partial charge is 0.165 e. The fraction of sp³-hybridized carbons (Fsp3) is 0.750. The summed E-state index contributed by atoms with van der Waals surface area (Å²) in [6, 6.07) is 0. The average Bonchev–Trinajstić information content (AvgIpc) is 3.18. The molecule has 1 heterocycles. The van der Waals surface area contributed by atoms with Crippen molar-refractivity contribution in [3.05, 3.63) is 23.5 Å². The Hall–Kier alpha value is -1.42. The van der Waals surface area contributed by atoms with Crippen molar-refractivity contribution < 1.29 is 9.90 Å². The van der Waals surface area contributed by atoms with Gasteiger partial charge in [-0.2, -0.15) is 5.10 Å². The molecule has 0 spiro atoms. The van der Waals surface area contributed by atoms with E-state index in [1.54, 1.807) is 4.68 Å². The Labute approximate surface area is 168 Å². The van der Waals surface area contributed by atoms with Gasteiger partial charge in [0, 0.05) is 24.2 Å². The fourth-order valence-electron chi connectivity index (χ4n) is 7.75. The SMILES string of the molecule is Cn1cc(/C=C2\C[C@@H]3[C@H]4CC[C@H]5C[C@@H](O)CC[C@]5(C)[C@@H]4CC[C@]3(C)C2=O)cn1. The Morgan fingerprint density at radius 3 is 2.75 bits per heavy atom. The zero-order chi connectivity index (χ0) is 19.7. The molecule has 0 saturated heterocycles. The summed E-state index contributed by atoms with van der Waals surface area (Å²) in [5, 5.41) is 14.5. The van der Waals surface area contributed by atoms with E-state index in [1.807, 2.05) is 19.4 Å². The Morgan fingerprint density at radius 1 is 1.18 bits per heavy atom. The second-order valence-electron chi connectivity index (χ2n) is 10.7. The van der Waals surface area contributed by atoms with Crippen LogP contribution in [0.3, 0.4) is 0 Å². The van der Waals surface area contributed by atoms with Crippen LogP contribution in [0, 0.1) is 34.5 Å². The number of fused-ring (bicyclic) bond motifs is 5. The number of aryl methyl sites for hydroxylation is 1. The van der Waals surface area contributed by atoms with Crippen LogP contribution in [-0.4, -0.2) is 26.8 Å². The standard InChI is InChI=1S/C24H34N2O2/c1-23-8-6-18(27)12-17(23)4-5-19-20(23)7-9-24(2)21(19)11-16(22(24)28)10-15-13-25-26(3)14-15/h10,13-14,17-21,27H,4-9,11-12H2,1-3H3/b16-10+/t17-,18-,19-,20+,21+,23-,24-/m0/s1. The number of aliphatic hydroxyl groups is 1. The summed E-state index contributed by atoms with van der Waals surface area (Å²) in [6.45, 7) is 4.76. The van der Waals surface area contributed by atoms with Crippen molar-refractivity contribution in [1.29, 1.82) is 0 Å². The molecule has 4 aliphatic carbocycles. The van der Waals surface area contributed by atoms with Crippen molar-refractivity contribution in [2.45, 2.75) is 71.3 Å². The number of allylic oxidation sites excluding steroid dienone is 1. The van der Waals surface area contributed by atoms with E-state index < -0.39 is 0 Å². The van der Waals surface area contributed by atoms with Crippen LogP contribution in [0.5, 0.6) is 0 Å². The minimum atomic E-state index is -0.174. The second-order valence-corrected chi connectivity index (χ2v) is 10.7. The normalized spacial score (nSPS) is 46.9. The number of hydrogen-bond acceptors (Lipinski definition) is 3. The quantitative estimate of drug-likeness (QED) is 0.733. The number of carbonyl (C=O) groups excluding carboxylic acids is 1. The molecular weight excluding hydrogens is 348 g/mol. The fourth-order valence-corrected chi connectivity index (χ4v) is 7.75. The molecule has 1 N–H and O–H groups in total. The van der Waals surface area contributed by atoms with Crippen molar-refractivity contribution in [3.8, 4) is 0 Å². The predicted molar refractivity (Wildman–Crippen MR) is 109 cm³/mol. The lowest BCUT2D eigenvalue weighted by Crippen LogP contribution is -2.54. The minimum absolute atomic E-state index is 0.0921. The predicted octanol–water partition coefficient (Wildman–Crippen LogP) is 4.39. The number of rotatable bonds is 1. The Bertz CT molecular complexity index is 826. The summed E-state index contributed by atoms with van der Waals surface area (Å²) in [6.07, 6.45) is 14.6. The molecular formula is C24H34N2O2. The second kappa shape index (κ2) is 6.29. The van der Waals surface area contributed by atoms with Crippen molar-refractivity contribution in [3.63, 3.8) is 0 Å². The van der Waals surface area contributed by atoms with Crippen molar-refractivity contribution in [2.75, 3.05) is 0 Å². The van der Waals surface area contributed by atoms with Gasteiger partial charge in [0.2, 0.25) is 0 Å². The maximum Gasteiger partial charge on any atom is 0.165 e. The molecule has 4 heteroatoms. The van der Waals surface area contributed by atoms with Gasteiger partial charge in [-0.05, 0) is 92.1 Å². The van der Waals surface area contributed by atoms with Crippen LogP contribution in [0.25, 0.3) is 6.08 Å². The van der Waals surface area contributed by atoms with Crippen LogP contribution < -0.4 is 0 Å². The first-order chi connectivity index (χ1) is 13.3. The number of hydrogen-bond donors (Lipinski definition) is 1. The minimum Gasteiger partial charge on any atom is -0.393 e. The first-order valence-electron chi connectivity index (χ1n) is 11.2. The summed E-state index contributed by atoms with van der Waals surface area (Å²) >= 11 is 0. The first-order valence-corrected chi connectivity index (χ1v) is 11.2. The molecule has 0 aliphatic heterocycles. The highest BCUT2D eigenvalue weighted by molar-refractivity contribution is 6.05. The van der Waals surface area contributed by atoms with Crippen LogP contribution >= 0.6 is 0 Å². The maximum absolute atomic E-state index is 13.4. The number of Topliss-reactive ketones (excluding diaryl/α,β-unsaturated/α-hetero) is 1. The van der Waals surface area contributed by atoms with Gasteiger partial charge >= 0.3 is 0 Å². The Kier molecular flexibility index (Phi) is 4.18. The molecule has 152 valence electrons. The molecule has 5 rings (SSSR count). The van der Waals surface area contributed by atoms with Crippen LogP contribution in [0.2, 0.25) is 0 Å². The van der Waals surface area contributed by atoms with Crippen molar-refractivity contribution in [2.24, 2.45) is 41.5 Å². The zero-order valence-corrected chi connectivity index (χ0v) is 17.5. The van der Waals surface area contributed by atoms with Gasteiger partial charge in [0.05, 0.1) is 12.3 Å². The first kappa shape index (κ1) is 18.6. The summed E-state index contributed by atoms with van der Waals surface area (Å²) < 4.78 is 1.80. The zero-order valence-electron chi connectivity index (χ0n) is 17.5. The highest BCUT2D eigenvalue weighted by Gasteiger charge is 2.61. The molecule has 4 saturated carbocycles. The van der Waals surface area contributed by atoms with Gasteiger partial charge in [-0.15, -0.1) is 0 Å². The Balaban J connectivity index is 1.45. The van der Waals surface area contributed by atoms with E-state index in [0.29, 0.717) is 29.0 Å². The van der Waals surface area contributed by atoms with Gasteiger partial charge in [-0.3, -0.25) is 9.48 Å². The molecule has 7 atom stereocenters. The number of nitrogens with zero attached hydrogens (tertiary/aromatic N) is 2. The highest BCUT2D eigenvalue weighted by Crippen LogP contribution is 2.66. The lowest BCUT2D eigenvalue weighted by atomic mass is 9.45. The molecule has 1 aromatic rings. The molecule has 4 aliphatic rings. The van der Waals surface area contributed by atoms with Gasteiger partial charge in [0.1, 0.15) is 0 Å². The van der Waals surface area contributed by atoms with E-state index in [4.69, 9.17) is 0 Å². The van der Waals surface area contributed by atoms with Crippen LogP contribution in [0.1, 0.15) is 70.8 Å². The van der Waals surface area contributed by atoms with Crippen molar-refractivity contribution in [1.82, 2.24) is 9.78 Å². The van der Waals surface area contributed by atoms with E-state index >= 15 is 0 Å². The third-order valence-electron chi connectivity index (χ3n) is 9.34.